The molecule has 0 radical (unpaired) electrons. The van der Waals surface area contributed by atoms with Crippen LogP contribution in [0.4, 0.5) is 5.69 Å². The second-order valence-electron chi connectivity index (χ2n) is 5.20. The molecule has 0 heterocycles. The third-order valence-corrected chi connectivity index (χ3v) is 3.33. The zero-order valence-corrected chi connectivity index (χ0v) is 10.9. The molecular weight excluding hydrogens is 226 g/mol. The Balaban J connectivity index is 2.43. The number of fused-ring (bicyclic) bond motifs is 1. The Morgan fingerprint density at radius 3 is 2.33 bits per heavy atom. The summed E-state index contributed by atoms with van der Waals surface area (Å²) < 4.78 is 0. The number of nitrogens with one attached hydrogen (secondary N) is 1. The summed E-state index contributed by atoms with van der Waals surface area (Å²) in [6.45, 7) is 5.47. The Kier molecular flexibility index (Phi) is 3.18. The molecule has 18 heavy (non-hydrogen) atoms. The van der Waals surface area contributed by atoms with E-state index in [0.29, 0.717) is 0 Å². The van der Waals surface area contributed by atoms with Crippen LogP contribution in [-0.2, 0) is 0 Å². The van der Waals surface area contributed by atoms with E-state index in [2.05, 4.69) is 5.32 Å². The summed E-state index contributed by atoms with van der Waals surface area (Å²) in [6, 6.07) is 11.1. The van der Waals surface area contributed by atoms with Gasteiger partial charge in [-0.3, -0.25) is 0 Å². The zero-order chi connectivity index (χ0) is 13.3. The van der Waals surface area contributed by atoms with Gasteiger partial charge in [-0.1, -0.05) is 24.3 Å². The summed E-state index contributed by atoms with van der Waals surface area (Å²) in [5.41, 5.74) is 0.108. The van der Waals surface area contributed by atoms with Crippen LogP contribution in [0.1, 0.15) is 20.8 Å². The monoisotopic (exact) mass is 245 g/mol. The van der Waals surface area contributed by atoms with Crippen LogP contribution in [0.5, 0.6) is 5.75 Å². The lowest BCUT2D eigenvalue weighted by molar-refractivity contribution is 0.0649. The second kappa shape index (κ2) is 4.50. The smallest absolute Gasteiger partial charge is 0.123 e. The minimum atomic E-state index is -0.807. The van der Waals surface area contributed by atoms with Gasteiger partial charge in [-0.05, 0) is 32.9 Å². The second-order valence-corrected chi connectivity index (χ2v) is 5.20. The SMILES string of the molecule is CC(Nc1cccc2c(O)cccc12)C(C)(C)O. The van der Waals surface area contributed by atoms with Crippen molar-refractivity contribution in [3.8, 4) is 5.75 Å². The van der Waals surface area contributed by atoms with E-state index in [-0.39, 0.29) is 11.8 Å². The lowest BCUT2D eigenvalue weighted by Crippen LogP contribution is -2.39. The van der Waals surface area contributed by atoms with Crippen molar-refractivity contribution in [1.82, 2.24) is 0 Å². The standard InChI is InChI=1S/C15H19NO2/c1-10(15(2,3)18)16-13-8-4-7-12-11(13)6-5-9-14(12)17/h4-10,16-18H,1-3H3. The number of rotatable bonds is 3. The van der Waals surface area contributed by atoms with Crippen LogP contribution in [-0.4, -0.2) is 21.9 Å². The number of aliphatic hydroxyl groups is 1. The fourth-order valence-corrected chi connectivity index (χ4v) is 1.83. The van der Waals surface area contributed by atoms with Gasteiger partial charge in [-0.2, -0.15) is 0 Å². The van der Waals surface area contributed by atoms with Crippen LogP contribution in [0.15, 0.2) is 36.4 Å². The molecule has 0 fully saturated rings. The first-order valence-electron chi connectivity index (χ1n) is 6.09. The molecule has 2 rings (SSSR count). The van der Waals surface area contributed by atoms with Gasteiger partial charge in [0, 0.05) is 16.5 Å². The predicted molar refractivity (Wildman–Crippen MR) is 75.0 cm³/mol. The normalized spacial score (nSPS) is 13.6. The van der Waals surface area contributed by atoms with Crippen molar-refractivity contribution < 1.29 is 10.2 Å². The van der Waals surface area contributed by atoms with Crippen LogP contribution in [0.25, 0.3) is 10.8 Å². The maximum absolute atomic E-state index is 9.96. The summed E-state index contributed by atoms with van der Waals surface area (Å²) in [6.07, 6.45) is 0. The van der Waals surface area contributed by atoms with Gasteiger partial charge in [0.25, 0.3) is 0 Å². The Hall–Kier alpha value is -1.74. The molecule has 2 aromatic carbocycles. The number of phenolic OH excluding ortho intramolecular Hbond substituents is 1. The average molecular weight is 245 g/mol. The maximum Gasteiger partial charge on any atom is 0.123 e. The van der Waals surface area contributed by atoms with Gasteiger partial charge in [0.15, 0.2) is 0 Å². The molecule has 0 aromatic heterocycles. The summed E-state index contributed by atoms with van der Waals surface area (Å²) in [7, 11) is 0. The van der Waals surface area contributed by atoms with E-state index >= 15 is 0 Å². The summed E-state index contributed by atoms with van der Waals surface area (Å²) in [5, 5.41) is 24.8. The Morgan fingerprint density at radius 2 is 1.67 bits per heavy atom. The van der Waals surface area contributed by atoms with Crippen LogP contribution in [0.2, 0.25) is 0 Å². The minimum absolute atomic E-state index is 0.0922. The van der Waals surface area contributed by atoms with Crippen molar-refractivity contribution in [1.29, 1.82) is 0 Å². The minimum Gasteiger partial charge on any atom is -0.507 e. The van der Waals surface area contributed by atoms with Gasteiger partial charge in [-0.15, -0.1) is 0 Å². The lowest BCUT2D eigenvalue weighted by atomic mass is 9.99. The number of benzene rings is 2. The highest BCUT2D eigenvalue weighted by atomic mass is 16.3. The highest BCUT2D eigenvalue weighted by Gasteiger charge is 2.22. The van der Waals surface area contributed by atoms with E-state index in [9.17, 15) is 10.2 Å². The van der Waals surface area contributed by atoms with E-state index in [1.807, 2.05) is 37.3 Å². The molecule has 1 atom stereocenters. The fraction of sp³-hybridized carbons (Fsp3) is 0.333. The molecule has 0 spiro atoms. The van der Waals surface area contributed by atoms with Crippen LogP contribution >= 0.6 is 0 Å². The Morgan fingerprint density at radius 1 is 1.06 bits per heavy atom. The van der Waals surface area contributed by atoms with Crippen molar-refractivity contribution >= 4 is 16.5 Å². The maximum atomic E-state index is 9.96. The number of anilines is 1. The quantitative estimate of drug-likeness (QED) is 0.778. The van der Waals surface area contributed by atoms with Crippen molar-refractivity contribution in [3.63, 3.8) is 0 Å². The van der Waals surface area contributed by atoms with E-state index in [1.54, 1.807) is 19.9 Å². The highest BCUT2D eigenvalue weighted by molar-refractivity contribution is 5.97. The molecule has 96 valence electrons. The average Bonchev–Trinajstić information content (AvgIpc) is 2.29. The Bertz CT molecular complexity index is 558. The summed E-state index contributed by atoms with van der Waals surface area (Å²) in [4.78, 5) is 0. The van der Waals surface area contributed by atoms with Crippen molar-refractivity contribution in [2.45, 2.75) is 32.4 Å². The topological polar surface area (TPSA) is 52.5 Å². The first-order valence-corrected chi connectivity index (χ1v) is 6.09. The molecule has 1 unspecified atom stereocenters. The first kappa shape index (κ1) is 12.7. The van der Waals surface area contributed by atoms with Crippen LogP contribution < -0.4 is 5.32 Å². The molecule has 3 nitrogen and oxygen atoms in total. The highest BCUT2D eigenvalue weighted by Crippen LogP contribution is 2.30. The molecule has 0 amide bonds. The molecule has 0 saturated heterocycles. The largest absolute Gasteiger partial charge is 0.507 e. The van der Waals surface area contributed by atoms with Crippen molar-refractivity contribution in [3.05, 3.63) is 36.4 Å². The number of hydrogen-bond acceptors (Lipinski definition) is 3. The lowest BCUT2D eigenvalue weighted by Gasteiger charge is -2.28. The van der Waals surface area contributed by atoms with Gasteiger partial charge in [0.2, 0.25) is 0 Å². The van der Waals surface area contributed by atoms with Crippen molar-refractivity contribution in [2.24, 2.45) is 0 Å². The molecule has 3 heteroatoms. The van der Waals surface area contributed by atoms with E-state index < -0.39 is 5.60 Å². The van der Waals surface area contributed by atoms with Gasteiger partial charge >= 0.3 is 0 Å². The third-order valence-electron chi connectivity index (χ3n) is 3.33. The predicted octanol–water partition coefficient (Wildman–Crippen LogP) is 3.12. The van der Waals surface area contributed by atoms with E-state index in [1.165, 1.54) is 0 Å². The molecule has 0 saturated carbocycles. The van der Waals surface area contributed by atoms with Gasteiger partial charge < -0.3 is 15.5 Å². The first-order chi connectivity index (χ1) is 8.39. The number of aromatic hydroxyl groups is 1. The number of phenols is 1. The summed E-state index contributed by atoms with van der Waals surface area (Å²) in [5.74, 6) is 0.270. The fourth-order valence-electron chi connectivity index (χ4n) is 1.83. The third kappa shape index (κ3) is 2.41. The Labute approximate surface area is 107 Å². The van der Waals surface area contributed by atoms with Crippen molar-refractivity contribution in [2.75, 3.05) is 5.32 Å². The molecule has 0 bridgehead atoms. The van der Waals surface area contributed by atoms with Crippen LogP contribution in [0, 0.1) is 0 Å². The number of hydrogen-bond donors (Lipinski definition) is 3. The van der Waals surface area contributed by atoms with E-state index in [0.717, 1.165) is 16.5 Å². The van der Waals surface area contributed by atoms with Gasteiger partial charge in [-0.25, -0.2) is 0 Å². The van der Waals surface area contributed by atoms with Gasteiger partial charge in [0.1, 0.15) is 5.75 Å². The zero-order valence-electron chi connectivity index (χ0n) is 10.9. The molecular formula is C15H19NO2. The summed E-state index contributed by atoms with van der Waals surface area (Å²) >= 11 is 0. The van der Waals surface area contributed by atoms with Gasteiger partial charge in [0.05, 0.1) is 11.6 Å². The van der Waals surface area contributed by atoms with Crippen LogP contribution in [0.3, 0.4) is 0 Å². The molecule has 2 aromatic rings. The molecule has 3 N–H and O–H groups in total. The molecule has 0 aliphatic carbocycles. The molecule has 0 aliphatic rings. The molecule has 0 aliphatic heterocycles. The van der Waals surface area contributed by atoms with E-state index in [4.69, 9.17) is 0 Å².